The first kappa shape index (κ1) is 15.7. The number of rotatable bonds is 5. The Morgan fingerprint density at radius 2 is 2.13 bits per heavy atom. The van der Waals surface area contributed by atoms with Crippen molar-refractivity contribution in [2.24, 2.45) is 0 Å². The number of para-hydroxylation sites is 1. The van der Waals surface area contributed by atoms with Crippen molar-refractivity contribution in [3.8, 4) is 11.5 Å². The summed E-state index contributed by atoms with van der Waals surface area (Å²) in [5, 5.41) is 10.8. The summed E-state index contributed by atoms with van der Waals surface area (Å²) in [6, 6.07) is 7.42. The van der Waals surface area contributed by atoms with Crippen molar-refractivity contribution in [3.05, 3.63) is 30.2 Å². The van der Waals surface area contributed by atoms with Gasteiger partial charge in [0, 0.05) is 13.3 Å². The van der Waals surface area contributed by atoms with Crippen molar-refractivity contribution in [1.29, 1.82) is 0 Å². The Kier molecular flexibility index (Phi) is 4.71. The van der Waals surface area contributed by atoms with E-state index in [2.05, 4.69) is 22.4 Å². The molecular formula is C17H21N3O3. The molecule has 0 bridgehead atoms. The van der Waals surface area contributed by atoms with Crippen LogP contribution in [0.15, 0.2) is 28.7 Å². The van der Waals surface area contributed by atoms with Gasteiger partial charge in [-0.1, -0.05) is 12.1 Å². The van der Waals surface area contributed by atoms with Crippen LogP contribution in [-0.4, -0.2) is 28.3 Å². The number of nitrogens with one attached hydrogen (secondary N) is 1. The van der Waals surface area contributed by atoms with Crippen LogP contribution in [0, 0.1) is 6.92 Å². The fraction of sp³-hybridized carbons (Fsp3) is 0.471. The van der Waals surface area contributed by atoms with Gasteiger partial charge in [-0.3, -0.25) is 4.79 Å². The van der Waals surface area contributed by atoms with Gasteiger partial charge in [0.1, 0.15) is 0 Å². The van der Waals surface area contributed by atoms with E-state index in [1.807, 2.05) is 24.3 Å². The third-order valence-electron chi connectivity index (χ3n) is 3.97. The number of carbonyl (C=O) groups excluding carboxylic acids is 1. The summed E-state index contributed by atoms with van der Waals surface area (Å²) in [6.45, 7) is 3.81. The standard InChI is InChI=1S/C17H21N3O3/c1-11-7-8-13(22-11)9-10-16(21)18-15-6-4-3-5-14(15)17-20-19-12(2)23-17/h3-6,11,13H,7-10H2,1-2H3,(H,18,21). The average Bonchev–Trinajstić information content (AvgIpc) is 3.14. The van der Waals surface area contributed by atoms with Crippen LogP contribution in [0.25, 0.3) is 11.5 Å². The summed E-state index contributed by atoms with van der Waals surface area (Å²) < 4.78 is 11.2. The van der Waals surface area contributed by atoms with Crippen molar-refractivity contribution < 1.29 is 13.9 Å². The van der Waals surface area contributed by atoms with Gasteiger partial charge in [-0.05, 0) is 38.3 Å². The van der Waals surface area contributed by atoms with Crippen LogP contribution in [0.2, 0.25) is 0 Å². The number of aryl methyl sites for hydroxylation is 1. The second kappa shape index (κ2) is 6.91. The van der Waals surface area contributed by atoms with Crippen molar-refractivity contribution in [3.63, 3.8) is 0 Å². The van der Waals surface area contributed by atoms with Gasteiger partial charge in [0.05, 0.1) is 23.5 Å². The minimum atomic E-state index is -0.0307. The lowest BCUT2D eigenvalue weighted by molar-refractivity contribution is -0.116. The number of amides is 1. The zero-order chi connectivity index (χ0) is 16.2. The minimum absolute atomic E-state index is 0.0307. The predicted octanol–water partition coefficient (Wildman–Crippen LogP) is 3.33. The van der Waals surface area contributed by atoms with Crippen molar-refractivity contribution >= 4 is 11.6 Å². The second-order valence-electron chi connectivity index (χ2n) is 5.90. The van der Waals surface area contributed by atoms with Crippen LogP contribution in [0.3, 0.4) is 0 Å². The zero-order valence-electron chi connectivity index (χ0n) is 13.4. The number of nitrogens with zero attached hydrogens (tertiary/aromatic N) is 2. The van der Waals surface area contributed by atoms with Crippen LogP contribution in [0.1, 0.15) is 38.5 Å². The van der Waals surface area contributed by atoms with Crippen molar-refractivity contribution in [2.45, 2.75) is 51.7 Å². The Morgan fingerprint density at radius 3 is 2.83 bits per heavy atom. The molecule has 1 aromatic carbocycles. The van der Waals surface area contributed by atoms with Crippen LogP contribution < -0.4 is 5.32 Å². The van der Waals surface area contributed by atoms with Crippen LogP contribution in [0.5, 0.6) is 0 Å². The van der Waals surface area contributed by atoms with E-state index in [-0.39, 0.29) is 12.0 Å². The van der Waals surface area contributed by atoms with E-state index in [0.717, 1.165) is 24.8 Å². The summed E-state index contributed by atoms with van der Waals surface area (Å²) in [6.07, 6.45) is 3.80. The third kappa shape index (κ3) is 3.96. The summed E-state index contributed by atoms with van der Waals surface area (Å²) >= 11 is 0. The molecule has 1 saturated heterocycles. The highest BCUT2D eigenvalue weighted by molar-refractivity contribution is 5.94. The quantitative estimate of drug-likeness (QED) is 0.915. The number of anilines is 1. The van der Waals surface area contributed by atoms with E-state index in [1.54, 1.807) is 6.92 Å². The molecule has 3 rings (SSSR count). The molecule has 0 spiro atoms. The summed E-state index contributed by atoms with van der Waals surface area (Å²) in [7, 11) is 0. The fourth-order valence-electron chi connectivity index (χ4n) is 2.79. The highest BCUT2D eigenvalue weighted by atomic mass is 16.5. The van der Waals surface area contributed by atoms with Gasteiger partial charge in [0.15, 0.2) is 0 Å². The maximum atomic E-state index is 12.2. The average molecular weight is 315 g/mol. The number of carbonyl (C=O) groups is 1. The molecule has 2 aromatic rings. The highest BCUT2D eigenvalue weighted by Gasteiger charge is 2.22. The topological polar surface area (TPSA) is 77.2 Å². The van der Waals surface area contributed by atoms with Crippen LogP contribution in [0.4, 0.5) is 5.69 Å². The molecule has 122 valence electrons. The zero-order valence-corrected chi connectivity index (χ0v) is 13.4. The van der Waals surface area contributed by atoms with Crippen molar-refractivity contribution in [2.75, 3.05) is 5.32 Å². The summed E-state index contributed by atoms with van der Waals surface area (Å²) in [5.41, 5.74) is 1.41. The molecule has 23 heavy (non-hydrogen) atoms. The van der Waals surface area contributed by atoms with Gasteiger partial charge < -0.3 is 14.5 Å². The number of aromatic nitrogens is 2. The number of hydrogen-bond donors (Lipinski definition) is 1. The Bertz CT molecular complexity index is 683. The lowest BCUT2D eigenvalue weighted by Crippen LogP contribution is -2.16. The van der Waals surface area contributed by atoms with Gasteiger partial charge >= 0.3 is 0 Å². The number of benzene rings is 1. The number of ether oxygens (including phenoxy) is 1. The molecule has 1 aliphatic heterocycles. The molecule has 1 amide bonds. The Balaban J connectivity index is 1.62. The first-order valence-corrected chi connectivity index (χ1v) is 7.96. The van der Waals surface area contributed by atoms with E-state index in [4.69, 9.17) is 9.15 Å². The molecular weight excluding hydrogens is 294 g/mol. The molecule has 2 atom stereocenters. The van der Waals surface area contributed by atoms with Crippen LogP contribution >= 0.6 is 0 Å². The van der Waals surface area contributed by atoms with E-state index in [0.29, 0.717) is 30.0 Å². The molecule has 6 heteroatoms. The van der Waals surface area contributed by atoms with Gasteiger partial charge in [0.25, 0.3) is 0 Å². The maximum absolute atomic E-state index is 12.2. The Labute approximate surface area is 135 Å². The number of hydrogen-bond acceptors (Lipinski definition) is 5. The van der Waals surface area contributed by atoms with Crippen molar-refractivity contribution in [1.82, 2.24) is 10.2 Å². The lowest BCUT2D eigenvalue weighted by Gasteiger charge is -2.12. The van der Waals surface area contributed by atoms with E-state index >= 15 is 0 Å². The first-order valence-electron chi connectivity index (χ1n) is 7.96. The molecule has 1 aromatic heterocycles. The molecule has 2 unspecified atom stereocenters. The summed E-state index contributed by atoms with van der Waals surface area (Å²) in [5.74, 6) is 0.872. The predicted molar refractivity (Wildman–Crippen MR) is 85.9 cm³/mol. The highest BCUT2D eigenvalue weighted by Crippen LogP contribution is 2.27. The van der Waals surface area contributed by atoms with Gasteiger partial charge in [-0.25, -0.2) is 0 Å². The van der Waals surface area contributed by atoms with E-state index < -0.39 is 0 Å². The molecule has 1 fully saturated rings. The minimum Gasteiger partial charge on any atom is -0.421 e. The second-order valence-corrected chi connectivity index (χ2v) is 5.90. The Morgan fingerprint density at radius 1 is 1.30 bits per heavy atom. The SMILES string of the molecule is Cc1nnc(-c2ccccc2NC(=O)CCC2CCC(C)O2)o1. The van der Waals surface area contributed by atoms with E-state index in [9.17, 15) is 4.79 Å². The lowest BCUT2D eigenvalue weighted by atomic mass is 10.1. The largest absolute Gasteiger partial charge is 0.421 e. The fourth-order valence-corrected chi connectivity index (χ4v) is 2.79. The van der Waals surface area contributed by atoms with Gasteiger partial charge in [-0.2, -0.15) is 0 Å². The van der Waals surface area contributed by atoms with Crippen LogP contribution in [-0.2, 0) is 9.53 Å². The monoisotopic (exact) mass is 315 g/mol. The summed E-state index contributed by atoms with van der Waals surface area (Å²) in [4.78, 5) is 12.2. The van der Waals surface area contributed by atoms with Gasteiger partial charge in [0.2, 0.25) is 17.7 Å². The molecule has 6 nitrogen and oxygen atoms in total. The molecule has 1 aliphatic rings. The molecule has 0 radical (unpaired) electrons. The van der Waals surface area contributed by atoms with Gasteiger partial charge in [-0.15, -0.1) is 10.2 Å². The molecule has 2 heterocycles. The van der Waals surface area contributed by atoms with E-state index in [1.165, 1.54) is 0 Å². The first-order chi connectivity index (χ1) is 11.1. The molecule has 0 saturated carbocycles. The maximum Gasteiger partial charge on any atom is 0.249 e. The molecule has 0 aliphatic carbocycles. The molecule has 1 N–H and O–H groups in total. The Hall–Kier alpha value is -2.21. The smallest absolute Gasteiger partial charge is 0.249 e. The normalized spacial score (nSPS) is 20.6. The third-order valence-corrected chi connectivity index (χ3v) is 3.97.